The highest BCUT2D eigenvalue weighted by Crippen LogP contribution is 2.03. The van der Waals surface area contributed by atoms with Crippen molar-refractivity contribution in [2.24, 2.45) is 5.73 Å². The smallest absolute Gasteiger partial charge is 0.239 e. The Kier molecular flexibility index (Phi) is 4.31. The van der Waals surface area contributed by atoms with E-state index in [0.717, 1.165) is 5.56 Å². The van der Waals surface area contributed by atoms with E-state index in [1.807, 2.05) is 37.3 Å². The lowest BCUT2D eigenvalue weighted by molar-refractivity contribution is -0.131. The molecule has 0 bridgehead atoms. The van der Waals surface area contributed by atoms with E-state index in [4.69, 9.17) is 5.73 Å². The Morgan fingerprint density at radius 1 is 1.40 bits per heavy atom. The maximum atomic E-state index is 11.7. The third-order valence-electron chi connectivity index (χ3n) is 2.47. The fourth-order valence-corrected chi connectivity index (χ4v) is 1.39. The van der Waals surface area contributed by atoms with Crippen molar-refractivity contribution in [3.05, 3.63) is 35.9 Å². The number of nitrogens with zero attached hydrogens (tertiary/aromatic N) is 1. The molecule has 3 heteroatoms. The van der Waals surface area contributed by atoms with E-state index in [1.165, 1.54) is 0 Å². The lowest BCUT2D eigenvalue weighted by Crippen LogP contribution is -2.42. The van der Waals surface area contributed by atoms with Gasteiger partial charge in [0.1, 0.15) is 0 Å². The van der Waals surface area contributed by atoms with Crippen molar-refractivity contribution in [3.63, 3.8) is 0 Å². The predicted molar refractivity (Wildman–Crippen MR) is 61.4 cm³/mol. The summed E-state index contributed by atoms with van der Waals surface area (Å²) in [5.74, 6) is 0.00125. The first-order chi connectivity index (χ1) is 7.15. The van der Waals surface area contributed by atoms with Gasteiger partial charge in [-0.15, -0.1) is 0 Å². The van der Waals surface area contributed by atoms with Gasteiger partial charge in [-0.05, 0) is 18.9 Å². The molecule has 1 aromatic carbocycles. The summed E-state index contributed by atoms with van der Waals surface area (Å²) in [7, 11) is 1.77. The van der Waals surface area contributed by atoms with E-state index < -0.39 is 6.04 Å². The number of hydrogen-bond acceptors (Lipinski definition) is 2. The fourth-order valence-electron chi connectivity index (χ4n) is 1.39. The van der Waals surface area contributed by atoms with Crippen LogP contribution in [0.4, 0.5) is 0 Å². The Labute approximate surface area is 90.9 Å². The standard InChI is InChI=1S/C12H18N2O/c1-3-14(2)12(15)11(13)9-10-7-5-4-6-8-10/h4-8,11H,3,9,13H2,1-2H3/t11-/m1/s1. The zero-order chi connectivity index (χ0) is 11.3. The van der Waals surface area contributed by atoms with Gasteiger partial charge in [-0.3, -0.25) is 4.79 Å². The molecule has 0 aliphatic carbocycles. The Hall–Kier alpha value is -1.35. The van der Waals surface area contributed by atoms with Gasteiger partial charge < -0.3 is 10.6 Å². The third kappa shape index (κ3) is 3.36. The average Bonchev–Trinajstić information content (AvgIpc) is 2.28. The number of rotatable bonds is 4. The van der Waals surface area contributed by atoms with Gasteiger partial charge in [-0.2, -0.15) is 0 Å². The van der Waals surface area contributed by atoms with E-state index in [2.05, 4.69) is 0 Å². The van der Waals surface area contributed by atoms with Crippen LogP contribution in [0.5, 0.6) is 0 Å². The van der Waals surface area contributed by atoms with Gasteiger partial charge in [0.05, 0.1) is 6.04 Å². The molecule has 1 rings (SSSR count). The van der Waals surface area contributed by atoms with Gasteiger partial charge in [0, 0.05) is 13.6 Å². The molecule has 0 aliphatic rings. The van der Waals surface area contributed by atoms with E-state index in [1.54, 1.807) is 11.9 Å². The van der Waals surface area contributed by atoms with Crippen LogP contribution in [0.15, 0.2) is 30.3 Å². The van der Waals surface area contributed by atoms with Crippen LogP contribution in [0.25, 0.3) is 0 Å². The zero-order valence-electron chi connectivity index (χ0n) is 9.31. The number of carbonyl (C=O) groups is 1. The van der Waals surface area contributed by atoms with Crippen LogP contribution in [0.3, 0.4) is 0 Å². The fraction of sp³-hybridized carbons (Fsp3) is 0.417. The van der Waals surface area contributed by atoms with Crippen LogP contribution < -0.4 is 5.73 Å². The molecule has 82 valence electrons. The summed E-state index contributed by atoms with van der Waals surface area (Å²) in [4.78, 5) is 13.3. The van der Waals surface area contributed by atoms with Crippen molar-refractivity contribution in [2.45, 2.75) is 19.4 Å². The second kappa shape index (κ2) is 5.51. The van der Waals surface area contributed by atoms with Crippen molar-refractivity contribution in [1.82, 2.24) is 4.90 Å². The highest BCUT2D eigenvalue weighted by Gasteiger charge is 2.16. The van der Waals surface area contributed by atoms with Crippen LogP contribution in [0.2, 0.25) is 0 Å². The first-order valence-electron chi connectivity index (χ1n) is 5.19. The first kappa shape index (κ1) is 11.7. The summed E-state index contributed by atoms with van der Waals surface area (Å²) in [5.41, 5.74) is 6.93. The molecule has 1 aromatic rings. The molecule has 0 heterocycles. The highest BCUT2D eigenvalue weighted by molar-refractivity contribution is 5.81. The summed E-state index contributed by atoms with van der Waals surface area (Å²) in [6, 6.07) is 9.40. The number of carbonyl (C=O) groups excluding carboxylic acids is 1. The van der Waals surface area contributed by atoms with Crippen LogP contribution in [-0.2, 0) is 11.2 Å². The third-order valence-corrected chi connectivity index (χ3v) is 2.47. The number of likely N-dealkylation sites (N-methyl/N-ethyl adjacent to an activating group) is 1. The van der Waals surface area contributed by atoms with Crippen molar-refractivity contribution in [2.75, 3.05) is 13.6 Å². The van der Waals surface area contributed by atoms with Crippen LogP contribution >= 0.6 is 0 Å². The van der Waals surface area contributed by atoms with Crippen LogP contribution in [-0.4, -0.2) is 30.4 Å². The number of hydrogen-bond donors (Lipinski definition) is 1. The minimum Gasteiger partial charge on any atom is -0.345 e. The Balaban J connectivity index is 2.56. The molecular weight excluding hydrogens is 188 g/mol. The lowest BCUT2D eigenvalue weighted by Gasteiger charge is -2.19. The molecular formula is C12H18N2O. The largest absolute Gasteiger partial charge is 0.345 e. The van der Waals surface area contributed by atoms with E-state index in [-0.39, 0.29) is 5.91 Å². The summed E-state index contributed by atoms with van der Waals surface area (Å²) >= 11 is 0. The van der Waals surface area contributed by atoms with Crippen molar-refractivity contribution < 1.29 is 4.79 Å². The minimum absolute atomic E-state index is 0.00125. The zero-order valence-corrected chi connectivity index (χ0v) is 9.31. The van der Waals surface area contributed by atoms with E-state index >= 15 is 0 Å². The lowest BCUT2D eigenvalue weighted by atomic mass is 10.1. The molecule has 15 heavy (non-hydrogen) atoms. The second-order valence-corrected chi connectivity index (χ2v) is 3.65. The summed E-state index contributed by atoms with van der Waals surface area (Å²) in [6.07, 6.45) is 0.601. The molecule has 0 radical (unpaired) electrons. The first-order valence-corrected chi connectivity index (χ1v) is 5.19. The maximum Gasteiger partial charge on any atom is 0.239 e. The Bertz CT molecular complexity index is 311. The number of amides is 1. The molecule has 3 nitrogen and oxygen atoms in total. The van der Waals surface area contributed by atoms with Crippen molar-refractivity contribution >= 4 is 5.91 Å². The van der Waals surface area contributed by atoms with Crippen LogP contribution in [0, 0.1) is 0 Å². The quantitative estimate of drug-likeness (QED) is 0.800. The molecule has 0 unspecified atom stereocenters. The van der Waals surface area contributed by atoms with Gasteiger partial charge in [-0.1, -0.05) is 30.3 Å². The topological polar surface area (TPSA) is 46.3 Å². The molecule has 1 amide bonds. The van der Waals surface area contributed by atoms with Gasteiger partial charge >= 0.3 is 0 Å². The summed E-state index contributed by atoms with van der Waals surface area (Å²) < 4.78 is 0. The number of benzene rings is 1. The van der Waals surface area contributed by atoms with E-state index in [0.29, 0.717) is 13.0 Å². The van der Waals surface area contributed by atoms with E-state index in [9.17, 15) is 4.79 Å². The van der Waals surface area contributed by atoms with Gasteiger partial charge in [-0.25, -0.2) is 0 Å². The predicted octanol–water partition coefficient (Wildman–Crippen LogP) is 1.03. The summed E-state index contributed by atoms with van der Waals surface area (Å²) in [5, 5.41) is 0. The number of nitrogens with two attached hydrogens (primary N) is 1. The average molecular weight is 206 g/mol. The molecule has 0 aliphatic heterocycles. The molecule has 1 atom stereocenters. The monoisotopic (exact) mass is 206 g/mol. The molecule has 0 spiro atoms. The van der Waals surface area contributed by atoms with Crippen molar-refractivity contribution in [3.8, 4) is 0 Å². The molecule has 0 saturated heterocycles. The maximum absolute atomic E-state index is 11.7. The van der Waals surface area contributed by atoms with Gasteiger partial charge in [0.2, 0.25) is 5.91 Å². The Morgan fingerprint density at radius 3 is 2.53 bits per heavy atom. The molecule has 0 fully saturated rings. The van der Waals surface area contributed by atoms with Crippen LogP contribution in [0.1, 0.15) is 12.5 Å². The SMILES string of the molecule is CCN(C)C(=O)[C@H](N)Cc1ccccc1. The van der Waals surface area contributed by atoms with Gasteiger partial charge in [0.25, 0.3) is 0 Å². The van der Waals surface area contributed by atoms with Crippen molar-refractivity contribution in [1.29, 1.82) is 0 Å². The highest BCUT2D eigenvalue weighted by atomic mass is 16.2. The summed E-state index contributed by atoms with van der Waals surface area (Å²) in [6.45, 7) is 2.63. The minimum atomic E-state index is -0.433. The molecule has 2 N–H and O–H groups in total. The molecule has 0 aromatic heterocycles. The molecule has 0 saturated carbocycles. The Morgan fingerprint density at radius 2 is 2.00 bits per heavy atom. The normalized spacial score (nSPS) is 12.2. The second-order valence-electron chi connectivity index (χ2n) is 3.65. The van der Waals surface area contributed by atoms with Gasteiger partial charge in [0.15, 0.2) is 0 Å².